The molecular weight excluding hydrogens is 470 g/mol. The second-order valence-electron chi connectivity index (χ2n) is 9.28. The SMILES string of the molecule is COc1ccc(CN(CCc2c[nH]c3ccccc23)C(=O)CN(C(=O)Cc2cccs2)C2CC2)cc1. The molecule has 1 N–H and O–H groups in total. The molecule has 0 saturated heterocycles. The molecule has 2 aromatic carbocycles. The fourth-order valence-corrected chi connectivity index (χ4v) is 5.25. The van der Waals surface area contributed by atoms with Crippen LogP contribution in [0.25, 0.3) is 10.9 Å². The van der Waals surface area contributed by atoms with Crippen molar-refractivity contribution in [2.45, 2.75) is 38.3 Å². The first kappa shape index (κ1) is 24.1. The molecule has 1 saturated carbocycles. The minimum Gasteiger partial charge on any atom is -0.497 e. The van der Waals surface area contributed by atoms with Crippen LogP contribution in [0.4, 0.5) is 0 Å². The van der Waals surface area contributed by atoms with Gasteiger partial charge in [0, 0.05) is 41.1 Å². The number of aromatic nitrogens is 1. The summed E-state index contributed by atoms with van der Waals surface area (Å²) in [4.78, 5) is 34.8. The molecule has 5 rings (SSSR count). The average molecular weight is 502 g/mol. The summed E-state index contributed by atoms with van der Waals surface area (Å²) in [5.41, 5.74) is 3.32. The van der Waals surface area contributed by atoms with Gasteiger partial charge in [0.1, 0.15) is 12.3 Å². The number of hydrogen-bond donors (Lipinski definition) is 1. The molecule has 0 radical (unpaired) electrons. The van der Waals surface area contributed by atoms with Gasteiger partial charge in [0.15, 0.2) is 0 Å². The van der Waals surface area contributed by atoms with Gasteiger partial charge in [-0.3, -0.25) is 9.59 Å². The lowest BCUT2D eigenvalue weighted by Gasteiger charge is -2.28. The van der Waals surface area contributed by atoms with Crippen molar-refractivity contribution in [2.24, 2.45) is 0 Å². The summed E-state index contributed by atoms with van der Waals surface area (Å²) in [6.07, 6.45) is 5.06. The third kappa shape index (κ3) is 5.79. The number of carbonyl (C=O) groups is 2. The maximum absolute atomic E-state index is 13.6. The van der Waals surface area contributed by atoms with E-state index < -0.39 is 0 Å². The zero-order chi connectivity index (χ0) is 24.9. The van der Waals surface area contributed by atoms with E-state index in [0.29, 0.717) is 19.5 Å². The molecule has 36 heavy (non-hydrogen) atoms. The minimum atomic E-state index is -0.0166. The first-order chi connectivity index (χ1) is 17.6. The van der Waals surface area contributed by atoms with Crippen molar-refractivity contribution >= 4 is 34.1 Å². The number of para-hydroxylation sites is 1. The van der Waals surface area contributed by atoms with Crippen LogP contribution >= 0.6 is 11.3 Å². The van der Waals surface area contributed by atoms with Gasteiger partial charge in [0.2, 0.25) is 11.8 Å². The Bertz CT molecular complexity index is 1310. The maximum atomic E-state index is 13.6. The first-order valence-corrected chi connectivity index (χ1v) is 13.3. The Labute approximate surface area is 215 Å². The molecule has 0 aliphatic heterocycles. The molecule has 7 heteroatoms. The van der Waals surface area contributed by atoms with Crippen molar-refractivity contribution in [3.8, 4) is 5.75 Å². The van der Waals surface area contributed by atoms with E-state index in [1.165, 1.54) is 10.9 Å². The van der Waals surface area contributed by atoms with E-state index in [2.05, 4.69) is 17.1 Å². The summed E-state index contributed by atoms with van der Waals surface area (Å²) in [6.45, 7) is 1.19. The van der Waals surface area contributed by atoms with Crippen LogP contribution in [0.1, 0.15) is 28.8 Å². The highest BCUT2D eigenvalue weighted by Gasteiger charge is 2.34. The monoisotopic (exact) mass is 501 g/mol. The second-order valence-corrected chi connectivity index (χ2v) is 10.3. The molecule has 6 nitrogen and oxygen atoms in total. The zero-order valence-corrected chi connectivity index (χ0v) is 21.3. The van der Waals surface area contributed by atoms with Gasteiger partial charge in [-0.25, -0.2) is 0 Å². The highest BCUT2D eigenvalue weighted by Crippen LogP contribution is 2.28. The topological polar surface area (TPSA) is 65.6 Å². The van der Waals surface area contributed by atoms with E-state index in [4.69, 9.17) is 4.74 Å². The fraction of sp³-hybridized carbons (Fsp3) is 0.310. The lowest BCUT2D eigenvalue weighted by atomic mass is 10.1. The van der Waals surface area contributed by atoms with Crippen molar-refractivity contribution in [3.05, 3.63) is 88.2 Å². The van der Waals surface area contributed by atoms with E-state index >= 15 is 0 Å². The smallest absolute Gasteiger partial charge is 0.242 e. The van der Waals surface area contributed by atoms with Crippen LogP contribution in [0, 0.1) is 0 Å². The van der Waals surface area contributed by atoms with Crippen LogP contribution in [-0.2, 0) is 29.0 Å². The minimum absolute atomic E-state index is 0.0166. The maximum Gasteiger partial charge on any atom is 0.242 e. The molecular formula is C29H31N3O3S. The van der Waals surface area contributed by atoms with Gasteiger partial charge in [-0.15, -0.1) is 11.3 Å². The number of carbonyl (C=O) groups excluding carboxylic acids is 2. The molecule has 0 atom stereocenters. The number of hydrogen-bond acceptors (Lipinski definition) is 4. The molecule has 0 unspecified atom stereocenters. The third-order valence-corrected chi connectivity index (χ3v) is 7.61. The Morgan fingerprint density at radius 1 is 1.03 bits per heavy atom. The summed E-state index contributed by atoms with van der Waals surface area (Å²) in [7, 11) is 1.64. The number of methoxy groups -OCH3 is 1. The van der Waals surface area contributed by atoms with Crippen molar-refractivity contribution in [1.82, 2.24) is 14.8 Å². The molecule has 0 spiro atoms. The van der Waals surface area contributed by atoms with Crippen molar-refractivity contribution in [2.75, 3.05) is 20.2 Å². The molecule has 2 amide bonds. The summed E-state index contributed by atoms with van der Waals surface area (Å²) in [5.74, 6) is 0.806. The van der Waals surface area contributed by atoms with Crippen LogP contribution in [0.2, 0.25) is 0 Å². The Hall–Kier alpha value is -3.58. The van der Waals surface area contributed by atoms with Crippen LogP contribution in [0.3, 0.4) is 0 Å². The molecule has 2 heterocycles. The number of thiophene rings is 1. The van der Waals surface area contributed by atoms with Gasteiger partial charge in [-0.05, 0) is 60.0 Å². The molecule has 4 aromatic rings. The van der Waals surface area contributed by atoms with Gasteiger partial charge in [-0.1, -0.05) is 36.4 Å². The number of amides is 2. The Balaban J connectivity index is 1.32. The van der Waals surface area contributed by atoms with Crippen LogP contribution < -0.4 is 4.74 Å². The molecule has 1 aliphatic carbocycles. The molecule has 1 aliphatic rings. The molecule has 1 fully saturated rings. The lowest BCUT2D eigenvalue weighted by molar-refractivity contribution is -0.141. The van der Waals surface area contributed by atoms with Crippen molar-refractivity contribution < 1.29 is 14.3 Å². The molecule has 0 bridgehead atoms. The molecule has 186 valence electrons. The van der Waals surface area contributed by atoms with Crippen molar-refractivity contribution in [3.63, 3.8) is 0 Å². The number of nitrogens with zero attached hydrogens (tertiary/aromatic N) is 2. The highest BCUT2D eigenvalue weighted by atomic mass is 32.1. The van der Waals surface area contributed by atoms with Gasteiger partial charge in [0.25, 0.3) is 0 Å². The van der Waals surface area contributed by atoms with Crippen LogP contribution in [-0.4, -0.2) is 52.8 Å². The summed E-state index contributed by atoms with van der Waals surface area (Å²) >= 11 is 1.58. The fourth-order valence-electron chi connectivity index (χ4n) is 4.55. The number of ether oxygens (including phenoxy) is 1. The van der Waals surface area contributed by atoms with E-state index in [9.17, 15) is 9.59 Å². The van der Waals surface area contributed by atoms with E-state index in [1.807, 2.05) is 65.0 Å². The van der Waals surface area contributed by atoms with Gasteiger partial charge in [0.05, 0.1) is 13.5 Å². The summed E-state index contributed by atoms with van der Waals surface area (Å²) < 4.78 is 5.29. The van der Waals surface area contributed by atoms with Crippen molar-refractivity contribution in [1.29, 1.82) is 0 Å². The standard InChI is InChI=1S/C29H31N3O3S/c1-35-24-12-8-21(9-13-24)19-31(15-14-22-18-30-27-7-3-2-6-26(22)27)29(34)20-32(23-10-11-23)28(33)17-25-5-4-16-36-25/h2-9,12-13,16,18,23,30H,10-11,14-15,17,19-20H2,1H3. The third-order valence-electron chi connectivity index (χ3n) is 6.73. The Morgan fingerprint density at radius 2 is 1.83 bits per heavy atom. The van der Waals surface area contributed by atoms with E-state index in [1.54, 1.807) is 23.3 Å². The predicted molar refractivity (Wildman–Crippen MR) is 143 cm³/mol. The van der Waals surface area contributed by atoms with E-state index in [0.717, 1.165) is 41.0 Å². The highest BCUT2D eigenvalue weighted by molar-refractivity contribution is 7.10. The van der Waals surface area contributed by atoms with Crippen LogP contribution in [0.5, 0.6) is 5.75 Å². The van der Waals surface area contributed by atoms with Gasteiger partial charge >= 0.3 is 0 Å². The average Bonchev–Trinajstić information content (AvgIpc) is 3.45. The normalized spacial score (nSPS) is 13.0. The van der Waals surface area contributed by atoms with Gasteiger partial charge < -0.3 is 19.5 Å². The summed E-state index contributed by atoms with van der Waals surface area (Å²) in [6, 6.07) is 20.1. The van der Waals surface area contributed by atoms with Crippen LogP contribution in [0.15, 0.2) is 72.2 Å². The number of aromatic amines is 1. The van der Waals surface area contributed by atoms with E-state index in [-0.39, 0.29) is 24.4 Å². The second kappa shape index (κ2) is 11.0. The predicted octanol–water partition coefficient (Wildman–Crippen LogP) is 5.04. The quantitative estimate of drug-likeness (QED) is 0.313. The number of fused-ring (bicyclic) bond motifs is 1. The Morgan fingerprint density at radius 3 is 2.56 bits per heavy atom. The lowest BCUT2D eigenvalue weighted by Crippen LogP contribution is -2.44. The number of nitrogens with one attached hydrogen (secondary N) is 1. The van der Waals surface area contributed by atoms with Gasteiger partial charge in [-0.2, -0.15) is 0 Å². The number of benzene rings is 2. The zero-order valence-electron chi connectivity index (χ0n) is 20.5. The number of rotatable bonds is 11. The molecule has 2 aromatic heterocycles. The largest absolute Gasteiger partial charge is 0.497 e. The Kier molecular flexibility index (Phi) is 7.37. The number of H-pyrrole nitrogens is 1. The first-order valence-electron chi connectivity index (χ1n) is 12.4. The summed E-state index contributed by atoms with van der Waals surface area (Å²) in [5, 5.41) is 3.16.